The molecule has 0 amide bonds. The molecule has 0 saturated heterocycles. The number of hydrogen-bond donors (Lipinski definition) is 4. The smallest absolute Gasteiger partial charge is 0.278 e. The van der Waals surface area contributed by atoms with Gasteiger partial charge in [-0.3, -0.25) is 15.1 Å². The number of non-ortho nitro benzene ring substituents is 1. The second-order valence-electron chi connectivity index (χ2n) is 4.69. The van der Waals surface area contributed by atoms with Gasteiger partial charge in [-0.15, -0.1) is 0 Å². The molecule has 8 nitrogen and oxygen atoms in total. The van der Waals surface area contributed by atoms with Gasteiger partial charge in [0.05, 0.1) is 30.1 Å². The number of rotatable bonds is 6. The van der Waals surface area contributed by atoms with Gasteiger partial charge in [0, 0.05) is 29.5 Å². The lowest BCUT2D eigenvalue weighted by Crippen LogP contribution is -2.49. The summed E-state index contributed by atoms with van der Waals surface area (Å²) in [5.74, 6) is 0. The van der Waals surface area contributed by atoms with Crippen molar-refractivity contribution < 1.29 is 20.2 Å². The lowest BCUT2D eigenvalue weighted by molar-refractivity contribution is -0.383. The lowest BCUT2D eigenvalue weighted by Gasteiger charge is -2.30. The molecule has 1 heterocycles. The van der Waals surface area contributed by atoms with Crippen molar-refractivity contribution in [1.29, 1.82) is 0 Å². The van der Waals surface area contributed by atoms with E-state index in [1.807, 2.05) is 0 Å². The molecule has 0 bridgehead atoms. The van der Waals surface area contributed by atoms with Crippen LogP contribution in [0.5, 0.6) is 0 Å². The third-order valence-corrected chi connectivity index (χ3v) is 3.30. The first kappa shape index (κ1) is 15.1. The summed E-state index contributed by atoms with van der Waals surface area (Å²) in [5, 5.41) is 42.8. The van der Waals surface area contributed by atoms with Crippen molar-refractivity contribution >= 4 is 22.1 Å². The topological polar surface area (TPSA) is 129 Å². The molecule has 1 aromatic heterocycles. The molecule has 0 spiro atoms. The van der Waals surface area contributed by atoms with Crippen molar-refractivity contribution in [2.75, 3.05) is 25.1 Å². The average molecular weight is 293 g/mol. The van der Waals surface area contributed by atoms with E-state index in [9.17, 15) is 25.4 Å². The summed E-state index contributed by atoms with van der Waals surface area (Å²) in [6, 6.07) is 4.36. The van der Waals surface area contributed by atoms with Crippen LogP contribution in [0, 0.1) is 10.1 Å². The molecule has 2 rings (SSSR count). The Hall–Kier alpha value is -2.29. The normalized spacial score (nSPS) is 11.6. The van der Waals surface area contributed by atoms with Gasteiger partial charge in [0.2, 0.25) is 0 Å². The second kappa shape index (κ2) is 6.00. The van der Waals surface area contributed by atoms with Crippen molar-refractivity contribution in [3.63, 3.8) is 0 Å². The molecular weight excluding hydrogens is 278 g/mol. The molecule has 0 radical (unpaired) electrons. The molecule has 0 aliphatic carbocycles. The zero-order valence-corrected chi connectivity index (χ0v) is 11.1. The Morgan fingerprint density at radius 1 is 1.14 bits per heavy atom. The highest BCUT2D eigenvalue weighted by Crippen LogP contribution is 2.32. The number of benzene rings is 1. The van der Waals surface area contributed by atoms with Crippen LogP contribution in [0.1, 0.15) is 0 Å². The first-order valence-corrected chi connectivity index (χ1v) is 6.19. The van der Waals surface area contributed by atoms with Gasteiger partial charge in [-0.05, 0) is 12.1 Å². The van der Waals surface area contributed by atoms with Gasteiger partial charge < -0.3 is 20.6 Å². The van der Waals surface area contributed by atoms with Crippen LogP contribution in [-0.4, -0.2) is 50.6 Å². The van der Waals surface area contributed by atoms with Crippen molar-refractivity contribution in [3.8, 4) is 0 Å². The number of anilines is 1. The molecule has 0 saturated carbocycles. The predicted octanol–water partition coefficient (Wildman–Crippen LogP) is 0.271. The first-order chi connectivity index (χ1) is 10.1. The van der Waals surface area contributed by atoms with E-state index in [0.717, 1.165) is 0 Å². The van der Waals surface area contributed by atoms with Gasteiger partial charge in [-0.25, -0.2) is 0 Å². The summed E-state index contributed by atoms with van der Waals surface area (Å²) in [7, 11) is 0. The quantitative estimate of drug-likeness (QED) is 0.444. The summed E-state index contributed by atoms with van der Waals surface area (Å²) in [5.41, 5.74) is -0.951. The standard InChI is InChI=1S/C13H15N3O5/c17-6-13(7-18,8-19)15-11-1-2-12(16(20)21)10-5-14-4-3-9(10)11/h1-5,15,17-19H,6-8H2. The summed E-state index contributed by atoms with van der Waals surface area (Å²) in [6.45, 7) is -1.49. The number of nitrogens with one attached hydrogen (secondary N) is 1. The maximum absolute atomic E-state index is 11.0. The van der Waals surface area contributed by atoms with Gasteiger partial charge in [0.15, 0.2) is 0 Å². The highest BCUT2D eigenvalue weighted by molar-refractivity contribution is 5.99. The Labute approximate surface area is 119 Å². The van der Waals surface area contributed by atoms with Crippen LogP contribution < -0.4 is 5.32 Å². The molecule has 2 aromatic rings. The van der Waals surface area contributed by atoms with Gasteiger partial charge in [0.25, 0.3) is 5.69 Å². The Balaban J connectivity index is 2.56. The number of aliphatic hydroxyl groups is 3. The number of nitro benzene ring substituents is 1. The first-order valence-electron chi connectivity index (χ1n) is 6.19. The van der Waals surface area contributed by atoms with Crippen LogP contribution in [0.3, 0.4) is 0 Å². The minimum Gasteiger partial charge on any atom is -0.394 e. The Kier molecular flexibility index (Phi) is 4.32. The molecular formula is C13H15N3O5. The number of aliphatic hydroxyl groups excluding tert-OH is 3. The Morgan fingerprint density at radius 3 is 2.38 bits per heavy atom. The van der Waals surface area contributed by atoms with Gasteiger partial charge >= 0.3 is 0 Å². The van der Waals surface area contributed by atoms with E-state index in [1.165, 1.54) is 24.5 Å². The Morgan fingerprint density at radius 2 is 1.81 bits per heavy atom. The van der Waals surface area contributed by atoms with E-state index in [0.29, 0.717) is 16.5 Å². The number of nitro groups is 1. The molecule has 0 fully saturated rings. The van der Waals surface area contributed by atoms with E-state index in [2.05, 4.69) is 10.3 Å². The number of pyridine rings is 1. The molecule has 0 aliphatic heterocycles. The third-order valence-electron chi connectivity index (χ3n) is 3.30. The minimum atomic E-state index is -1.31. The average Bonchev–Trinajstić information content (AvgIpc) is 2.52. The molecule has 1 aromatic carbocycles. The predicted molar refractivity (Wildman–Crippen MR) is 76.0 cm³/mol. The second-order valence-corrected chi connectivity index (χ2v) is 4.69. The Bertz CT molecular complexity index is 649. The molecule has 0 aliphatic rings. The van der Waals surface area contributed by atoms with Crippen molar-refractivity contribution in [3.05, 3.63) is 40.7 Å². The molecule has 21 heavy (non-hydrogen) atoms. The fraction of sp³-hybridized carbons (Fsp3) is 0.308. The van der Waals surface area contributed by atoms with E-state index in [4.69, 9.17) is 0 Å². The van der Waals surface area contributed by atoms with Crippen molar-refractivity contribution in [2.24, 2.45) is 0 Å². The summed E-state index contributed by atoms with van der Waals surface area (Å²) in [6.07, 6.45) is 2.85. The highest BCUT2D eigenvalue weighted by Gasteiger charge is 2.29. The molecule has 0 atom stereocenters. The maximum Gasteiger partial charge on any atom is 0.278 e. The van der Waals surface area contributed by atoms with Gasteiger partial charge in [-0.2, -0.15) is 0 Å². The summed E-state index contributed by atoms with van der Waals surface area (Å²) in [4.78, 5) is 14.4. The number of hydrogen-bond acceptors (Lipinski definition) is 7. The monoisotopic (exact) mass is 293 g/mol. The SMILES string of the molecule is O=[N+]([O-])c1ccc(NC(CO)(CO)CO)c2ccncc12. The van der Waals surface area contributed by atoms with Crippen LogP contribution in [0.25, 0.3) is 10.8 Å². The molecule has 112 valence electrons. The van der Waals surface area contributed by atoms with Crippen LogP contribution in [-0.2, 0) is 0 Å². The van der Waals surface area contributed by atoms with Gasteiger partial charge in [0.1, 0.15) is 5.54 Å². The van der Waals surface area contributed by atoms with E-state index in [1.54, 1.807) is 6.07 Å². The van der Waals surface area contributed by atoms with Crippen LogP contribution in [0.15, 0.2) is 30.6 Å². The summed E-state index contributed by atoms with van der Waals surface area (Å²) < 4.78 is 0. The maximum atomic E-state index is 11.0. The zero-order chi connectivity index (χ0) is 15.5. The highest BCUT2D eigenvalue weighted by atomic mass is 16.6. The van der Waals surface area contributed by atoms with E-state index >= 15 is 0 Å². The zero-order valence-electron chi connectivity index (χ0n) is 11.1. The van der Waals surface area contributed by atoms with Crippen LogP contribution >= 0.6 is 0 Å². The molecule has 8 heteroatoms. The fourth-order valence-corrected chi connectivity index (χ4v) is 2.00. The lowest BCUT2D eigenvalue weighted by atomic mass is 10.0. The number of aromatic nitrogens is 1. The van der Waals surface area contributed by atoms with Crippen molar-refractivity contribution in [2.45, 2.75) is 5.54 Å². The third kappa shape index (κ3) is 2.77. The van der Waals surface area contributed by atoms with Crippen molar-refractivity contribution in [1.82, 2.24) is 4.98 Å². The molecule has 0 unspecified atom stereocenters. The number of fused-ring (bicyclic) bond motifs is 1. The van der Waals surface area contributed by atoms with E-state index < -0.39 is 30.3 Å². The largest absolute Gasteiger partial charge is 0.394 e. The van der Waals surface area contributed by atoms with Crippen LogP contribution in [0.4, 0.5) is 11.4 Å². The number of nitrogens with zero attached hydrogens (tertiary/aromatic N) is 2. The molecule has 4 N–H and O–H groups in total. The fourth-order valence-electron chi connectivity index (χ4n) is 2.00. The van der Waals surface area contributed by atoms with Gasteiger partial charge in [-0.1, -0.05) is 0 Å². The van der Waals surface area contributed by atoms with E-state index in [-0.39, 0.29) is 5.69 Å². The summed E-state index contributed by atoms with van der Waals surface area (Å²) >= 11 is 0. The minimum absolute atomic E-state index is 0.0914. The van der Waals surface area contributed by atoms with Crippen LogP contribution in [0.2, 0.25) is 0 Å².